The number of rotatable bonds is 5. The zero-order chi connectivity index (χ0) is 20.1. The van der Waals surface area contributed by atoms with Gasteiger partial charge < -0.3 is 19.6 Å². The van der Waals surface area contributed by atoms with Crippen LogP contribution in [0, 0.1) is 6.92 Å². The number of fused-ring (bicyclic) bond motifs is 1. The van der Waals surface area contributed by atoms with Gasteiger partial charge in [0.1, 0.15) is 30.3 Å². The second kappa shape index (κ2) is 6.59. The number of carbonyl (C=O) groups is 1. The van der Waals surface area contributed by atoms with Gasteiger partial charge >= 0.3 is 0 Å². The molecule has 1 aliphatic heterocycles. The average molecular weight is 391 g/mol. The van der Waals surface area contributed by atoms with Crippen molar-refractivity contribution >= 4 is 16.9 Å². The van der Waals surface area contributed by atoms with Gasteiger partial charge in [-0.05, 0) is 25.1 Å². The van der Waals surface area contributed by atoms with Crippen molar-refractivity contribution in [2.24, 2.45) is 12.8 Å². The number of amides is 1. The van der Waals surface area contributed by atoms with Crippen LogP contribution >= 0.6 is 0 Å². The molecular weight excluding hydrogens is 372 g/mol. The van der Waals surface area contributed by atoms with Crippen LogP contribution in [0.4, 0.5) is 8.78 Å². The second-order valence-corrected chi connectivity index (χ2v) is 6.81. The van der Waals surface area contributed by atoms with Crippen LogP contribution in [0.2, 0.25) is 0 Å². The highest BCUT2D eigenvalue weighted by Crippen LogP contribution is 2.47. The summed E-state index contributed by atoms with van der Waals surface area (Å²) >= 11 is 0. The van der Waals surface area contributed by atoms with Gasteiger partial charge in [-0.2, -0.15) is 5.10 Å². The van der Waals surface area contributed by atoms with Crippen molar-refractivity contribution in [2.75, 3.05) is 13.2 Å². The van der Waals surface area contributed by atoms with Gasteiger partial charge in [0.15, 0.2) is 0 Å². The molecule has 4 rings (SSSR count). The van der Waals surface area contributed by atoms with E-state index in [-0.39, 0.29) is 41.2 Å². The topological polar surface area (TPSA) is 92.5 Å². The molecule has 1 aromatic carbocycles. The number of nitrogens with two attached hydrogens (primary N) is 1. The number of alkyl halides is 2. The zero-order valence-electron chi connectivity index (χ0n) is 15.4. The molecule has 0 bridgehead atoms. The summed E-state index contributed by atoms with van der Waals surface area (Å²) in [6.07, 6.45) is 1.62. The SMILES string of the molecule is Cc1oc2ccc(OCc3ccnn3C)c(C3COCC3(F)F)c2c1C(N)=O. The molecule has 3 heterocycles. The lowest BCUT2D eigenvalue weighted by molar-refractivity contribution is -0.0184. The molecule has 148 valence electrons. The van der Waals surface area contributed by atoms with E-state index in [4.69, 9.17) is 19.6 Å². The molecule has 1 fully saturated rings. The molecule has 0 saturated carbocycles. The number of primary amides is 1. The van der Waals surface area contributed by atoms with Crippen molar-refractivity contribution < 1.29 is 27.5 Å². The molecular formula is C19H19F2N3O4. The van der Waals surface area contributed by atoms with Gasteiger partial charge in [-0.15, -0.1) is 0 Å². The average Bonchev–Trinajstić information content (AvgIpc) is 3.28. The Labute approximate surface area is 159 Å². The molecule has 2 aromatic heterocycles. The van der Waals surface area contributed by atoms with Crippen molar-refractivity contribution in [1.82, 2.24) is 9.78 Å². The lowest BCUT2D eigenvalue weighted by Gasteiger charge is -2.21. The van der Waals surface area contributed by atoms with Crippen molar-refractivity contribution in [3.63, 3.8) is 0 Å². The fraction of sp³-hybridized carbons (Fsp3) is 0.368. The minimum Gasteiger partial charge on any atom is -0.487 e. The lowest BCUT2D eigenvalue weighted by Crippen LogP contribution is -2.25. The largest absolute Gasteiger partial charge is 0.487 e. The summed E-state index contributed by atoms with van der Waals surface area (Å²) in [7, 11) is 1.76. The van der Waals surface area contributed by atoms with E-state index in [2.05, 4.69) is 5.10 Å². The van der Waals surface area contributed by atoms with Gasteiger partial charge in [0.25, 0.3) is 11.8 Å². The molecule has 1 saturated heterocycles. The predicted octanol–water partition coefficient (Wildman–Crippen LogP) is 2.90. The van der Waals surface area contributed by atoms with Crippen LogP contribution in [0.1, 0.15) is 33.3 Å². The van der Waals surface area contributed by atoms with Crippen LogP contribution in [0.25, 0.3) is 11.0 Å². The Morgan fingerprint density at radius 1 is 1.43 bits per heavy atom. The van der Waals surface area contributed by atoms with Crippen molar-refractivity contribution in [2.45, 2.75) is 25.4 Å². The Balaban J connectivity index is 1.89. The number of benzene rings is 1. The van der Waals surface area contributed by atoms with E-state index in [0.717, 1.165) is 5.69 Å². The van der Waals surface area contributed by atoms with Crippen LogP contribution in [-0.2, 0) is 18.4 Å². The maximum absolute atomic E-state index is 14.6. The summed E-state index contributed by atoms with van der Waals surface area (Å²) in [6, 6.07) is 4.92. The van der Waals surface area contributed by atoms with Gasteiger partial charge in [0.2, 0.25) is 0 Å². The van der Waals surface area contributed by atoms with E-state index in [1.165, 1.54) is 0 Å². The molecule has 0 spiro atoms. The number of aryl methyl sites for hydroxylation is 2. The normalized spacial score (nSPS) is 18.6. The van der Waals surface area contributed by atoms with Gasteiger partial charge in [0, 0.05) is 24.2 Å². The highest BCUT2D eigenvalue weighted by atomic mass is 19.3. The summed E-state index contributed by atoms with van der Waals surface area (Å²) < 4.78 is 47.3. The second-order valence-electron chi connectivity index (χ2n) is 6.81. The molecule has 2 N–H and O–H groups in total. The number of nitrogens with zero attached hydrogens (tertiary/aromatic N) is 2. The van der Waals surface area contributed by atoms with Crippen LogP contribution in [0.5, 0.6) is 5.75 Å². The van der Waals surface area contributed by atoms with Gasteiger partial charge in [0.05, 0.1) is 23.8 Å². The van der Waals surface area contributed by atoms with E-state index >= 15 is 0 Å². The number of hydrogen-bond acceptors (Lipinski definition) is 5. The molecule has 7 nitrogen and oxygen atoms in total. The van der Waals surface area contributed by atoms with Crippen LogP contribution < -0.4 is 10.5 Å². The first kappa shape index (κ1) is 18.4. The third kappa shape index (κ3) is 2.91. The predicted molar refractivity (Wildman–Crippen MR) is 95.5 cm³/mol. The Kier molecular flexibility index (Phi) is 4.34. The maximum atomic E-state index is 14.6. The molecule has 3 aromatic rings. The number of furan rings is 1. The first-order valence-electron chi connectivity index (χ1n) is 8.70. The van der Waals surface area contributed by atoms with Crippen molar-refractivity contribution in [1.29, 1.82) is 0 Å². The van der Waals surface area contributed by atoms with E-state index in [9.17, 15) is 13.6 Å². The summed E-state index contributed by atoms with van der Waals surface area (Å²) in [5.74, 6) is -4.64. The Morgan fingerprint density at radius 2 is 2.21 bits per heavy atom. The summed E-state index contributed by atoms with van der Waals surface area (Å²) in [4.78, 5) is 12.0. The minimum absolute atomic E-state index is 0.0821. The van der Waals surface area contributed by atoms with Crippen LogP contribution in [0.3, 0.4) is 0 Å². The van der Waals surface area contributed by atoms with Gasteiger partial charge in [-0.3, -0.25) is 9.48 Å². The van der Waals surface area contributed by atoms with Gasteiger partial charge in [-0.25, -0.2) is 8.78 Å². The number of halogens is 2. The van der Waals surface area contributed by atoms with Crippen LogP contribution in [0.15, 0.2) is 28.8 Å². The molecule has 9 heteroatoms. The fourth-order valence-corrected chi connectivity index (χ4v) is 3.61. The maximum Gasteiger partial charge on any atom is 0.280 e. The molecule has 0 aliphatic carbocycles. The molecule has 1 unspecified atom stereocenters. The summed E-state index contributed by atoms with van der Waals surface area (Å²) in [6.45, 7) is 0.800. The first-order valence-corrected chi connectivity index (χ1v) is 8.70. The number of hydrogen-bond donors (Lipinski definition) is 1. The van der Waals surface area contributed by atoms with Crippen molar-refractivity contribution in [3.8, 4) is 5.75 Å². The number of carbonyl (C=O) groups excluding carboxylic acids is 1. The summed E-state index contributed by atoms with van der Waals surface area (Å²) in [5.41, 5.74) is 6.83. The molecule has 1 atom stereocenters. The first-order chi connectivity index (χ1) is 13.3. The summed E-state index contributed by atoms with van der Waals surface area (Å²) in [5, 5.41) is 4.32. The molecule has 0 radical (unpaired) electrons. The fourth-order valence-electron chi connectivity index (χ4n) is 3.61. The van der Waals surface area contributed by atoms with Crippen molar-refractivity contribution in [3.05, 3.63) is 47.0 Å². The minimum atomic E-state index is -3.11. The Bertz CT molecular complexity index is 1060. The zero-order valence-corrected chi connectivity index (χ0v) is 15.4. The quantitative estimate of drug-likeness (QED) is 0.722. The Morgan fingerprint density at radius 3 is 2.82 bits per heavy atom. The van der Waals surface area contributed by atoms with E-state index in [0.29, 0.717) is 5.58 Å². The third-order valence-electron chi connectivity index (χ3n) is 5.01. The lowest BCUT2D eigenvalue weighted by atomic mass is 9.89. The Hall–Kier alpha value is -2.94. The van der Waals surface area contributed by atoms with E-state index < -0.39 is 24.4 Å². The molecule has 1 amide bonds. The monoisotopic (exact) mass is 391 g/mol. The number of aromatic nitrogens is 2. The number of ether oxygens (including phenoxy) is 2. The van der Waals surface area contributed by atoms with Gasteiger partial charge in [-0.1, -0.05) is 0 Å². The molecule has 28 heavy (non-hydrogen) atoms. The van der Waals surface area contributed by atoms with Crippen LogP contribution in [-0.4, -0.2) is 34.8 Å². The standard InChI is InChI=1S/C19H19F2N3O4/c1-10-15(18(22)25)17-14(28-10)4-3-13(27-7-11-5-6-23-24(11)2)16(17)12-8-26-9-19(12,20)21/h3-6,12H,7-9H2,1-2H3,(H2,22,25). The smallest absolute Gasteiger partial charge is 0.280 e. The van der Waals surface area contributed by atoms with E-state index in [1.54, 1.807) is 43.0 Å². The van der Waals surface area contributed by atoms with E-state index in [1.807, 2.05) is 0 Å². The highest BCUT2D eigenvalue weighted by Gasteiger charge is 2.48. The molecule has 1 aliphatic rings. The third-order valence-corrected chi connectivity index (χ3v) is 5.01. The highest BCUT2D eigenvalue weighted by molar-refractivity contribution is 6.08.